The fraction of sp³-hybridized carbons (Fsp3) is 0.300. The fourth-order valence-electron chi connectivity index (χ4n) is 3.06. The molecule has 0 aliphatic carbocycles. The number of nitrogens with zero attached hydrogens (tertiary/aromatic N) is 2. The minimum absolute atomic E-state index is 0.109. The first-order valence-electron chi connectivity index (χ1n) is 8.30. The molecule has 3 rings (SSSR count). The van der Waals surface area contributed by atoms with E-state index in [0.717, 1.165) is 22.6 Å². The van der Waals surface area contributed by atoms with Gasteiger partial charge in [0.05, 0.1) is 33.1 Å². The Balaban J connectivity index is 1.98. The Hall–Kier alpha value is -3.02. The summed E-state index contributed by atoms with van der Waals surface area (Å²) in [6, 6.07) is 13.1. The Kier molecular flexibility index (Phi) is 5.11. The van der Waals surface area contributed by atoms with Crippen LogP contribution in [0.5, 0.6) is 17.2 Å². The van der Waals surface area contributed by atoms with Crippen molar-refractivity contribution < 1.29 is 19.0 Å². The molecule has 0 saturated carbocycles. The van der Waals surface area contributed by atoms with Gasteiger partial charge in [-0.3, -0.25) is 4.79 Å². The Morgan fingerprint density at radius 1 is 1.00 bits per heavy atom. The van der Waals surface area contributed by atoms with Crippen LogP contribution in [0.25, 0.3) is 0 Å². The molecule has 136 valence electrons. The molecule has 1 heterocycles. The third-order valence-electron chi connectivity index (χ3n) is 4.40. The van der Waals surface area contributed by atoms with E-state index >= 15 is 0 Å². The van der Waals surface area contributed by atoms with Gasteiger partial charge in [0, 0.05) is 25.0 Å². The smallest absolute Gasteiger partial charge is 0.240 e. The maximum Gasteiger partial charge on any atom is 0.240 e. The molecule has 1 unspecified atom stereocenters. The average Bonchev–Trinajstić information content (AvgIpc) is 3.13. The number of carbonyl (C=O) groups is 1. The van der Waals surface area contributed by atoms with Crippen LogP contribution in [0.15, 0.2) is 47.6 Å². The Morgan fingerprint density at radius 2 is 1.65 bits per heavy atom. The monoisotopic (exact) mass is 354 g/mol. The van der Waals surface area contributed by atoms with Crippen LogP contribution in [-0.2, 0) is 4.79 Å². The summed E-state index contributed by atoms with van der Waals surface area (Å²) in [7, 11) is 4.84. The third-order valence-corrected chi connectivity index (χ3v) is 4.40. The lowest BCUT2D eigenvalue weighted by atomic mass is 9.98. The lowest BCUT2D eigenvalue weighted by Gasteiger charge is -2.20. The fourth-order valence-corrected chi connectivity index (χ4v) is 3.06. The predicted octanol–water partition coefficient (Wildman–Crippen LogP) is 3.41. The van der Waals surface area contributed by atoms with Crippen molar-refractivity contribution in [1.82, 2.24) is 5.01 Å². The zero-order chi connectivity index (χ0) is 18.7. The van der Waals surface area contributed by atoms with E-state index in [1.54, 1.807) is 27.4 Å². The summed E-state index contributed by atoms with van der Waals surface area (Å²) in [5.41, 5.74) is 2.66. The lowest BCUT2D eigenvalue weighted by Crippen LogP contribution is -2.24. The minimum Gasteiger partial charge on any atom is -0.497 e. The number of rotatable bonds is 5. The number of hydrogen-bond donors (Lipinski definition) is 0. The molecule has 1 aliphatic rings. The van der Waals surface area contributed by atoms with Crippen molar-refractivity contribution in [1.29, 1.82) is 0 Å². The molecular formula is C20H22N2O4. The average molecular weight is 354 g/mol. The maximum atomic E-state index is 12.1. The van der Waals surface area contributed by atoms with Crippen LogP contribution in [0.1, 0.15) is 30.5 Å². The standard InChI is InChI=1S/C20H22N2O4/c1-13(23)22-20(14-6-5-7-16(8-14)24-2)12-19(21-22)15-9-17(25-3)11-18(10-15)26-4/h5-11,20H,12H2,1-4H3. The van der Waals surface area contributed by atoms with Crippen molar-refractivity contribution in [3.8, 4) is 17.2 Å². The molecule has 2 aromatic rings. The molecule has 6 nitrogen and oxygen atoms in total. The van der Waals surface area contributed by atoms with Gasteiger partial charge in [-0.15, -0.1) is 0 Å². The van der Waals surface area contributed by atoms with Gasteiger partial charge in [0.2, 0.25) is 5.91 Å². The molecule has 1 atom stereocenters. The second kappa shape index (κ2) is 7.47. The van der Waals surface area contributed by atoms with E-state index in [4.69, 9.17) is 14.2 Å². The zero-order valence-electron chi connectivity index (χ0n) is 15.4. The van der Waals surface area contributed by atoms with Crippen LogP contribution in [0.4, 0.5) is 0 Å². The molecule has 0 N–H and O–H groups in total. The van der Waals surface area contributed by atoms with Crippen molar-refractivity contribution >= 4 is 11.6 Å². The van der Waals surface area contributed by atoms with Gasteiger partial charge in [-0.1, -0.05) is 12.1 Å². The number of methoxy groups -OCH3 is 3. The summed E-state index contributed by atoms with van der Waals surface area (Å²) < 4.78 is 16.0. The Bertz CT molecular complexity index is 825. The van der Waals surface area contributed by atoms with Gasteiger partial charge < -0.3 is 14.2 Å². The highest BCUT2D eigenvalue weighted by molar-refractivity contribution is 6.03. The highest BCUT2D eigenvalue weighted by atomic mass is 16.5. The van der Waals surface area contributed by atoms with E-state index in [1.165, 1.54) is 11.9 Å². The normalized spacial score (nSPS) is 16.2. The van der Waals surface area contributed by atoms with E-state index in [0.29, 0.717) is 17.9 Å². The molecule has 0 fully saturated rings. The summed E-state index contributed by atoms with van der Waals surface area (Å²) in [4.78, 5) is 12.1. The lowest BCUT2D eigenvalue weighted by molar-refractivity contribution is -0.130. The Morgan fingerprint density at radius 3 is 2.23 bits per heavy atom. The number of amides is 1. The maximum absolute atomic E-state index is 12.1. The number of hydrazone groups is 1. The van der Waals surface area contributed by atoms with Gasteiger partial charge >= 0.3 is 0 Å². The molecule has 2 aromatic carbocycles. The van der Waals surface area contributed by atoms with Crippen LogP contribution in [0.3, 0.4) is 0 Å². The van der Waals surface area contributed by atoms with E-state index < -0.39 is 0 Å². The number of ether oxygens (including phenoxy) is 3. The molecule has 6 heteroatoms. The van der Waals surface area contributed by atoms with Crippen molar-refractivity contribution in [2.45, 2.75) is 19.4 Å². The SMILES string of the molecule is COc1cc(OC)cc(C2=NN(C(C)=O)C(c3cccc(OC)c3)C2)c1. The van der Waals surface area contributed by atoms with E-state index in [2.05, 4.69) is 5.10 Å². The van der Waals surface area contributed by atoms with Gasteiger partial charge in [0.15, 0.2) is 0 Å². The van der Waals surface area contributed by atoms with Crippen LogP contribution < -0.4 is 14.2 Å². The predicted molar refractivity (Wildman–Crippen MR) is 99.0 cm³/mol. The molecular weight excluding hydrogens is 332 g/mol. The van der Waals surface area contributed by atoms with E-state index in [1.807, 2.05) is 36.4 Å². The van der Waals surface area contributed by atoms with Crippen LogP contribution in [0.2, 0.25) is 0 Å². The van der Waals surface area contributed by atoms with E-state index in [-0.39, 0.29) is 11.9 Å². The first-order chi connectivity index (χ1) is 12.5. The summed E-state index contributed by atoms with van der Waals surface area (Å²) in [6.45, 7) is 1.52. The number of benzene rings is 2. The Labute approximate surface area is 153 Å². The first kappa shape index (κ1) is 17.8. The molecule has 0 saturated heterocycles. The van der Waals surface area contributed by atoms with Crippen molar-refractivity contribution in [2.75, 3.05) is 21.3 Å². The molecule has 0 radical (unpaired) electrons. The van der Waals surface area contributed by atoms with Crippen molar-refractivity contribution in [2.24, 2.45) is 5.10 Å². The zero-order valence-corrected chi connectivity index (χ0v) is 15.4. The topological polar surface area (TPSA) is 60.4 Å². The summed E-state index contributed by atoms with van der Waals surface area (Å²) in [6.07, 6.45) is 0.600. The quantitative estimate of drug-likeness (QED) is 0.826. The molecule has 1 aliphatic heterocycles. The molecule has 0 bridgehead atoms. The molecule has 0 spiro atoms. The van der Waals surface area contributed by atoms with Gasteiger partial charge in [0.1, 0.15) is 17.2 Å². The third kappa shape index (κ3) is 3.49. The van der Waals surface area contributed by atoms with Gasteiger partial charge in [-0.25, -0.2) is 5.01 Å². The molecule has 1 amide bonds. The first-order valence-corrected chi connectivity index (χ1v) is 8.30. The van der Waals surface area contributed by atoms with Crippen molar-refractivity contribution in [3.63, 3.8) is 0 Å². The van der Waals surface area contributed by atoms with E-state index in [9.17, 15) is 4.79 Å². The largest absolute Gasteiger partial charge is 0.497 e. The number of carbonyl (C=O) groups excluding carboxylic acids is 1. The van der Waals surface area contributed by atoms with Crippen LogP contribution in [0, 0.1) is 0 Å². The van der Waals surface area contributed by atoms with Crippen LogP contribution in [-0.4, -0.2) is 38.0 Å². The summed E-state index contributed by atoms with van der Waals surface area (Å²) in [5.74, 6) is 2.01. The van der Waals surface area contributed by atoms with Crippen molar-refractivity contribution in [3.05, 3.63) is 53.6 Å². The molecule has 0 aromatic heterocycles. The molecule has 26 heavy (non-hydrogen) atoms. The van der Waals surface area contributed by atoms with Gasteiger partial charge in [-0.2, -0.15) is 5.10 Å². The van der Waals surface area contributed by atoms with Gasteiger partial charge in [-0.05, 0) is 29.8 Å². The summed E-state index contributed by atoms with van der Waals surface area (Å²) in [5, 5.41) is 6.09. The van der Waals surface area contributed by atoms with Crippen LogP contribution >= 0.6 is 0 Å². The second-order valence-electron chi connectivity index (χ2n) is 6.01. The highest BCUT2D eigenvalue weighted by Gasteiger charge is 2.32. The second-order valence-corrected chi connectivity index (χ2v) is 6.01. The summed E-state index contributed by atoms with van der Waals surface area (Å²) >= 11 is 0. The van der Waals surface area contributed by atoms with Gasteiger partial charge in [0.25, 0.3) is 0 Å². The number of hydrogen-bond acceptors (Lipinski definition) is 5. The highest BCUT2D eigenvalue weighted by Crippen LogP contribution is 2.35. The minimum atomic E-state index is -0.171.